The minimum absolute atomic E-state index is 0.341. The predicted molar refractivity (Wildman–Crippen MR) is 76.0 cm³/mol. The van der Waals surface area contributed by atoms with Gasteiger partial charge in [0, 0.05) is 30.4 Å². The number of nitrogens with zero attached hydrogens (tertiary/aromatic N) is 2. The van der Waals surface area contributed by atoms with Crippen LogP contribution in [0.25, 0.3) is 0 Å². The van der Waals surface area contributed by atoms with Gasteiger partial charge in [0.2, 0.25) is 0 Å². The SMILES string of the molecule is CC(C)c1nn(C)cc1CNc1ccc(Cl)cc1F. The normalized spacial score (nSPS) is 11.1. The minimum Gasteiger partial charge on any atom is -0.378 e. The number of aromatic nitrogens is 2. The molecular formula is C14H17ClFN3. The summed E-state index contributed by atoms with van der Waals surface area (Å²) in [5.74, 6) is -0.00412. The quantitative estimate of drug-likeness (QED) is 0.920. The lowest BCUT2D eigenvalue weighted by Gasteiger charge is -2.09. The molecule has 0 bridgehead atoms. The van der Waals surface area contributed by atoms with E-state index in [9.17, 15) is 4.39 Å². The molecule has 19 heavy (non-hydrogen) atoms. The van der Waals surface area contributed by atoms with Crippen molar-refractivity contribution >= 4 is 17.3 Å². The summed E-state index contributed by atoms with van der Waals surface area (Å²) in [4.78, 5) is 0. The number of hydrogen-bond donors (Lipinski definition) is 1. The molecule has 0 unspecified atom stereocenters. The second-order valence-electron chi connectivity index (χ2n) is 4.85. The summed E-state index contributed by atoms with van der Waals surface area (Å²) in [6.45, 7) is 4.73. The average Bonchev–Trinajstić information content (AvgIpc) is 2.69. The van der Waals surface area contributed by atoms with Crippen molar-refractivity contribution in [2.24, 2.45) is 7.05 Å². The van der Waals surface area contributed by atoms with Crippen molar-refractivity contribution in [1.29, 1.82) is 0 Å². The fourth-order valence-corrected chi connectivity index (χ4v) is 2.16. The average molecular weight is 282 g/mol. The Kier molecular flexibility index (Phi) is 4.10. The molecule has 5 heteroatoms. The molecule has 0 saturated carbocycles. The summed E-state index contributed by atoms with van der Waals surface area (Å²) in [6.07, 6.45) is 1.95. The highest BCUT2D eigenvalue weighted by Gasteiger charge is 2.11. The predicted octanol–water partition coefficient (Wildman–Crippen LogP) is 3.95. The van der Waals surface area contributed by atoms with E-state index in [1.54, 1.807) is 16.8 Å². The van der Waals surface area contributed by atoms with Crippen molar-refractivity contribution < 1.29 is 4.39 Å². The lowest BCUT2D eigenvalue weighted by molar-refractivity contribution is 0.630. The Morgan fingerprint density at radius 3 is 2.79 bits per heavy atom. The van der Waals surface area contributed by atoms with E-state index in [1.165, 1.54) is 6.07 Å². The Morgan fingerprint density at radius 2 is 2.16 bits per heavy atom. The van der Waals surface area contributed by atoms with Crippen LogP contribution in [0.4, 0.5) is 10.1 Å². The number of anilines is 1. The molecule has 102 valence electrons. The topological polar surface area (TPSA) is 29.9 Å². The molecule has 0 atom stereocenters. The summed E-state index contributed by atoms with van der Waals surface area (Å²) in [6, 6.07) is 4.61. The smallest absolute Gasteiger partial charge is 0.147 e. The molecule has 1 aromatic carbocycles. The van der Waals surface area contributed by atoms with E-state index in [0.717, 1.165) is 11.3 Å². The van der Waals surface area contributed by atoms with Gasteiger partial charge in [-0.05, 0) is 24.1 Å². The summed E-state index contributed by atoms with van der Waals surface area (Å²) < 4.78 is 15.4. The molecule has 0 spiro atoms. The monoisotopic (exact) mass is 281 g/mol. The Hall–Kier alpha value is -1.55. The molecule has 0 aliphatic carbocycles. The van der Waals surface area contributed by atoms with Gasteiger partial charge in [-0.25, -0.2) is 4.39 Å². The number of benzene rings is 1. The van der Waals surface area contributed by atoms with Crippen LogP contribution in [0.1, 0.15) is 31.0 Å². The standard InChI is InChI=1S/C14H17ClFN3/c1-9(2)14-10(8-19(3)18-14)7-17-13-5-4-11(15)6-12(13)16/h4-6,8-9,17H,7H2,1-3H3. The molecule has 0 saturated heterocycles. The summed E-state index contributed by atoms with van der Waals surface area (Å²) in [5.41, 5.74) is 2.55. The summed E-state index contributed by atoms with van der Waals surface area (Å²) in [7, 11) is 1.89. The van der Waals surface area contributed by atoms with E-state index in [0.29, 0.717) is 23.2 Å². The molecule has 0 fully saturated rings. The molecule has 1 aromatic heterocycles. The number of halogens is 2. The second kappa shape index (κ2) is 5.61. The Morgan fingerprint density at radius 1 is 1.42 bits per heavy atom. The van der Waals surface area contributed by atoms with Crippen LogP contribution >= 0.6 is 11.6 Å². The first-order valence-electron chi connectivity index (χ1n) is 6.18. The van der Waals surface area contributed by atoms with Crippen LogP contribution in [0.5, 0.6) is 0 Å². The first-order valence-corrected chi connectivity index (χ1v) is 6.56. The summed E-state index contributed by atoms with van der Waals surface area (Å²) in [5, 5.41) is 7.89. The first kappa shape index (κ1) is 13.9. The van der Waals surface area contributed by atoms with Gasteiger partial charge < -0.3 is 5.32 Å². The maximum absolute atomic E-state index is 13.6. The summed E-state index contributed by atoms with van der Waals surface area (Å²) >= 11 is 5.72. The maximum atomic E-state index is 13.6. The molecule has 1 N–H and O–H groups in total. The highest BCUT2D eigenvalue weighted by atomic mass is 35.5. The van der Waals surface area contributed by atoms with Crippen LogP contribution in [0.3, 0.4) is 0 Å². The van der Waals surface area contributed by atoms with Crippen LogP contribution in [0.2, 0.25) is 5.02 Å². The molecular weight excluding hydrogens is 265 g/mol. The third-order valence-corrected chi connectivity index (χ3v) is 3.12. The van der Waals surface area contributed by atoms with Gasteiger partial charge in [-0.15, -0.1) is 0 Å². The number of hydrogen-bond acceptors (Lipinski definition) is 2. The molecule has 0 aliphatic rings. The lowest BCUT2D eigenvalue weighted by Crippen LogP contribution is -2.04. The molecule has 2 aromatic rings. The molecule has 3 nitrogen and oxygen atoms in total. The third-order valence-electron chi connectivity index (χ3n) is 2.88. The Balaban J connectivity index is 2.14. The van der Waals surface area contributed by atoms with Crippen LogP contribution < -0.4 is 5.32 Å². The van der Waals surface area contributed by atoms with Crippen molar-refractivity contribution in [2.45, 2.75) is 26.3 Å². The van der Waals surface area contributed by atoms with Crippen LogP contribution in [-0.2, 0) is 13.6 Å². The van der Waals surface area contributed by atoms with Crippen molar-refractivity contribution in [3.63, 3.8) is 0 Å². The van der Waals surface area contributed by atoms with Gasteiger partial charge in [-0.2, -0.15) is 5.10 Å². The van der Waals surface area contributed by atoms with Gasteiger partial charge in [0.05, 0.1) is 11.4 Å². The van der Waals surface area contributed by atoms with Crippen LogP contribution in [0, 0.1) is 5.82 Å². The van der Waals surface area contributed by atoms with Gasteiger partial charge in [-0.3, -0.25) is 4.68 Å². The molecule has 0 radical (unpaired) electrons. The van der Waals surface area contributed by atoms with E-state index < -0.39 is 0 Å². The first-order chi connectivity index (χ1) is 8.97. The van der Waals surface area contributed by atoms with Crippen molar-refractivity contribution in [3.05, 3.63) is 46.5 Å². The van der Waals surface area contributed by atoms with E-state index in [1.807, 2.05) is 13.2 Å². The number of rotatable bonds is 4. The molecule has 0 amide bonds. The zero-order valence-electron chi connectivity index (χ0n) is 11.2. The highest BCUT2D eigenvalue weighted by Crippen LogP contribution is 2.22. The van der Waals surface area contributed by atoms with E-state index in [4.69, 9.17) is 11.6 Å². The van der Waals surface area contributed by atoms with Crippen molar-refractivity contribution in [3.8, 4) is 0 Å². The zero-order chi connectivity index (χ0) is 14.0. The number of nitrogens with one attached hydrogen (secondary N) is 1. The van der Waals surface area contributed by atoms with Crippen molar-refractivity contribution in [1.82, 2.24) is 9.78 Å². The van der Waals surface area contributed by atoms with Crippen LogP contribution in [-0.4, -0.2) is 9.78 Å². The van der Waals surface area contributed by atoms with E-state index in [-0.39, 0.29) is 5.82 Å². The Labute approximate surface area is 117 Å². The van der Waals surface area contributed by atoms with Gasteiger partial charge in [-0.1, -0.05) is 25.4 Å². The maximum Gasteiger partial charge on any atom is 0.147 e. The fraction of sp³-hybridized carbons (Fsp3) is 0.357. The lowest BCUT2D eigenvalue weighted by atomic mass is 10.1. The van der Waals surface area contributed by atoms with E-state index >= 15 is 0 Å². The highest BCUT2D eigenvalue weighted by molar-refractivity contribution is 6.30. The minimum atomic E-state index is -0.345. The van der Waals surface area contributed by atoms with Gasteiger partial charge >= 0.3 is 0 Å². The van der Waals surface area contributed by atoms with Gasteiger partial charge in [0.15, 0.2) is 0 Å². The van der Waals surface area contributed by atoms with Gasteiger partial charge in [0.25, 0.3) is 0 Å². The zero-order valence-corrected chi connectivity index (χ0v) is 12.0. The fourth-order valence-electron chi connectivity index (χ4n) is 2.00. The van der Waals surface area contributed by atoms with Crippen molar-refractivity contribution in [2.75, 3.05) is 5.32 Å². The molecule has 0 aliphatic heterocycles. The molecule has 1 heterocycles. The second-order valence-corrected chi connectivity index (χ2v) is 5.28. The van der Waals surface area contributed by atoms with Crippen LogP contribution in [0.15, 0.2) is 24.4 Å². The Bertz CT molecular complexity index is 578. The third kappa shape index (κ3) is 3.26. The largest absolute Gasteiger partial charge is 0.378 e. The molecule has 2 rings (SSSR count). The van der Waals surface area contributed by atoms with Gasteiger partial charge in [0.1, 0.15) is 5.82 Å². The number of aryl methyl sites for hydroxylation is 1. The van der Waals surface area contributed by atoms with E-state index in [2.05, 4.69) is 24.3 Å².